The van der Waals surface area contributed by atoms with Crippen molar-refractivity contribution in [2.24, 2.45) is 4.99 Å². The van der Waals surface area contributed by atoms with Gasteiger partial charge in [0.15, 0.2) is 0 Å². The monoisotopic (exact) mass is 760 g/mol. The van der Waals surface area contributed by atoms with Crippen molar-refractivity contribution < 1.29 is 46.9 Å². The van der Waals surface area contributed by atoms with Crippen molar-refractivity contribution in [1.29, 1.82) is 0 Å². The number of rotatable bonds is 9. The summed E-state index contributed by atoms with van der Waals surface area (Å²) in [6, 6.07) is 31.9. The third kappa shape index (κ3) is 14.9. The minimum Gasteiger partial charge on any atom is -0.542 e. The topological polar surface area (TPSA) is 141 Å². The van der Waals surface area contributed by atoms with E-state index < -0.39 is 42.8 Å². The summed E-state index contributed by atoms with van der Waals surface area (Å²) in [5.41, 5.74) is -1.56. The summed E-state index contributed by atoms with van der Waals surface area (Å²) in [6.45, 7) is 10.7. The number of alkyl carbamates (subject to hydrolysis) is 1. The number of alkyl halides is 3. The van der Waals surface area contributed by atoms with Crippen molar-refractivity contribution in [1.82, 2.24) is 15.1 Å². The molecule has 3 rings (SSSR count). The van der Waals surface area contributed by atoms with E-state index in [-0.39, 0.29) is 18.4 Å². The van der Waals surface area contributed by atoms with Crippen LogP contribution < -0.4 is 26.3 Å². The van der Waals surface area contributed by atoms with E-state index in [1.165, 1.54) is 20.8 Å². The molecule has 53 heavy (non-hydrogen) atoms. The number of likely N-dealkylation sites (N-methyl/N-ethyl adjacent to an activating group) is 2. The first-order valence-electron chi connectivity index (χ1n) is 16.6. The minimum absolute atomic E-state index is 0.135. The molecule has 0 aromatic heterocycles. The predicted molar refractivity (Wildman–Crippen MR) is 199 cm³/mol. The standard InChI is InChI=1S/C36H47N4O5P.C2HF3O2/c1-35(2,3)44-33(42)37-32(38-34(43)45-36(4,5)6)40(8)27-31(41)39(7)25-18-26-46(28-19-12-9-13-20-28,29-21-14-10-15-22-29)30-23-16-11-17-24-30;3-2(4,5)1(6)7/h9-17,19-24H,18,25-27H2,1-8H3;(H,6,7). The molecule has 0 saturated heterocycles. The summed E-state index contributed by atoms with van der Waals surface area (Å²) < 4.78 is 42.2. The normalized spacial score (nSPS) is 12.1. The van der Waals surface area contributed by atoms with Gasteiger partial charge in [0, 0.05) is 20.6 Å². The van der Waals surface area contributed by atoms with Crippen LogP contribution in [0.3, 0.4) is 0 Å². The van der Waals surface area contributed by atoms with Gasteiger partial charge in [-0.25, -0.2) is 9.59 Å². The number of aliphatic carboxylic acids is 1. The van der Waals surface area contributed by atoms with Crippen LogP contribution in [0.2, 0.25) is 0 Å². The van der Waals surface area contributed by atoms with Gasteiger partial charge in [-0.05, 0) is 84.4 Å². The lowest BCUT2D eigenvalue weighted by Gasteiger charge is -2.29. The Morgan fingerprint density at radius 1 is 0.717 bits per heavy atom. The summed E-state index contributed by atoms with van der Waals surface area (Å²) in [4.78, 5) is 54.3. The summed E-state index contributed by atoms with van der Waals surface area (Å²) in [7, 11) is 1.30. The zero-order valence-corrected chi connectivity index (χ0v) is 32.2. The fraction of sp³-hybridized carbons (Fsp3) is 0.395. The molecule has 3 amide bonds. The molecule has 1 N–H and O–H groups in total. The van der Waals surface area contributed by atoms with Crippen molar-refractivity contribution in [2.75, 3.05) is 33.3 Å². The van der Waals surface area contributed by atoms with Crippen LogP contribution in [-0.4, -0.2) is 90.5 Å². The van der Waals surface area contributed by atoms with Gasteiger partial charge < -0.3 is 29.2 Å². The number of nitrogens with zero attached hydrogens (tertiary/aromatic N) is 3. The van der Waals surface area contributed by atoms with Gasteiger partial charge in [-0.3, -0.25) is 10.1 Å². The largest absolute Gasteiger partial charge is 0.542 e. The zero-order valence-electron chi connectivity index (χ0n) is 31.3. The second kappa shape index (κ2) is 19.2. The SMILES string of the molecule is CN(CCC[P+](c1ccccc1)(c1ccccc1)c1ccccc1)C(=O)CN(C)C(=NC(=O)OC(C)(C)C)NC(=O)OC(C)(C)C.O=C([O-])C(F)(F)F. The molecule has 0 spiro atoms. The van der Waals surface area contributed by atoms with Crippen molar-refractivity contribution in [3.05, 3.63) is 91.0 Å². The van der Waals surface area contributed by atoms with Crippen LogP contribution in [0.25, 0.3) is 0 Å². The molecule has 0 heterocycles. The van der Waals surface area contributed by atoms with E-state index in [2.05, 4.69) is 83.1 Å². The fourth-order valence-corrected chi connectivity index (χ4v) is 9.25. The number of aliphatic imine (C=N–C) groups is 1. The molecular weight excluding hydrogens is 712 g/mol. The predicted octanol–water partition coefficient (Wildman–Crippen LogP) is 4.88. The molecule has 3 aromatic carbocycles. The van der Waals surface area contributed by atoms with E-state index in [0.29, 0.717) is 6.54 Å². The van der Waals surface area contributed by atoms with Gasteiger partial charge in [0.1, 0.15) is 40.3 Å². The molecule has 0 saturated carbocycles. The van der Waals surface area contributed by atoms with Gasteiger partial charge in [0.2, 0.25) is 11.9 Å². The van der Waals surface area contributed by atoms with Crippen LogP contribution in [0, 0.1) is 0 Å². The lowest BCUT2D eigenvalue weighted by molar-refractivity contribution is -0.344. The van der Waals surface area contributed by atoms with Crippen LogP contribution in [0.15, 0.2) is 96.0 Å². The Kier molecular flexibility index (Phi) is 16.0. The number of halogens is 3. The second-order valence-corrected chi connectivity index (χ2v) is 17.5. The number of guanidine groups is 1. The first-order valence-corrected chi connectivity index (χ1v) is 18.6. The summed E-state index contributed by atoms with van der Waals surface area (Å²) in [5, 5.41) is 15.2. The van der Waals surface area contributed by atoms with Crippen molar-refractivity contribution >= 4 is 53.2 Å². The molecule has 0 aliphatic rings. The zero-order chi connectivity index (χ0) is 40.0. The molecule has 0 aliphatic carbocycles. The van der Waals surface area contributed by atoms with E-state index in [1.54, 1.807) is 60.5 Å². The van der Waals surface area contributed by atoms with E-state index >= 15 is 0 Å². The first-order chi connectivity index (χ1) is 24.5. The van der Waals surface area contributed by atoms with Gasteiger partial charge in [0.25, 0.3) is 0 Å². The fourth-order valence-electron chi connectivity index (χ4n) is 4.93. The molecule has 11 nitrogen and oxygen atoms in total. The van der Waals surface area contributed by atoms with Crippen molar-refractivity contribution in [3.63, 3.8) is 0 Å². The molecule has 0 bridgehead atoms. The highest BCUT2D eigenvalue weighted by Gasteiger charge is 2.44. The Bertz CT molecular complexity index is 1580. The molecule has 288 valence electrons. The maximum Gasteiger partial charge on any atom is 0.437 e. The smallest absolute Gasteiger partial charge is 0.437 e. The van der Waals surface area contributed by atoms with Gasteiger partial charge in [0.05, 0.1) is 12.7 Å². The van der Waals surface area contributed by atoms with Crippen molar-refractivity contribution in [3.8, 4) is 0 Å². The van der Waals surface area contributed by atoms with Crippen LogP contribution in [-0.2, 0) is 19.1 Å². The number of nitrogens with one attached hydrogen (secondary N) is 1. The maximum atomic E-state index is 13.4. The molecule has 0 aliphatic heterocycles. The lowest BCUT2D eigenvalue weighted by Crippen LogP contribution is -2.48. The summed E-state index contributed by atoms with van der Waals surface area (Å²) >= 11 is 0. The average Bonchev–Trinajstić information content (AvgIpc) is 3.05. The van der Waals surface area contributed by atoms with E-state index in [4.69, 9.17) is 19.4 Å². The molecule has 0 unspecified atom stereocenters. The number of benzene rings is 3. The number of amides is 3. The number of carbonyl (C=O) groups excluding carboxylic acids is 4. The molecule has 0 fully saturated rings. The molecule has 3 aromatic rings. The Morgan fingerprint density at radius 3 is 1.47 bits per heavy atom. The lowest BCUT2D eigenvalue weighted by atomic mass is 10.2. The highest BCUT2D eigenvalue weighted by molar-refractivity contribution is 7.95. The number of ether oxygens (including phenoxy) is 2. The van der Waals surface area contributed by atoms with Crippen molar-refractivity contribution in [2.45, 2.75) is 65.3 Å². The number of carbonyl (C=O) groups is 4. The number of carboxylic acids is 1. The molecule has 0 radical (unpaired) electrons. The van der Waals surface area contributed by atoms with Gasteiger partial charge in [-0.2, -0.15) is 13.2 Å². The quantitative estimate of drug-likeness (QED) is 0.185. The Balaban J connectivity index is 0.00000126. The first kappa shape index (κ1) is 44.2. The summed E-state index contributed by atoms with van der Waals surface area (Å²) in [5.74, 6) is -3.35. The van der Waals surface area contributed by atoms with Gasteiger partial charge in [-0.15, -0.1) is 4.99 Å². The van der Waals surface area contributed by atoms with Crippen LogP contribution in [0.5, 0.6) is 0 Å². The third-order valence-corrected chi connectivity index (χ3v) is 11.7. The molecule has 15 heteroatoms. The Morgan fingerprint density at radius 2 is 1.11 bits per heavy atom. The van der Waals surface area contributed by atoms with E-state index in [1.807, 2.05) is 18.2 Å². The highest BCUT2D eigenvalue weighted by Crippen LogP contribution is 2.55. The maximum absolute atomic E-state index is 13.4. The molecule has 0 atom stereocenters. The number of hydrogen-bond acceptors (Lipinski definition) is 7. The van der Waals surface area contributed by atoms with E-state index in [9.17, 15) is 27.6 Å². The minimum atomic E-state index is -5.19. The number of carboxylic acid groups (broad SMARTS) is 1. The third-order valence-electron chi connectivity index (χ3n) is 7.17. The van der Waals surface area contributed by atoms with Crippen LogP contribution >= 0.6 is 7.26 Å². The summed E-state index contributed by atoms with van der Waals surface area (Å²) in [6.07, 6.45) is -5.27. The van der Waals surface area contributed by atoms with E-state index in [0.717, 1.165) is 12.6 Å². The van der Waals surface area contributed by atoms with Crippen LogP contribution in [0.4, 0.5) is 22.8 Å². The average molecular weight is 761 g/mol. The van der Waals surface area contributed by atoms with Gasteiger partial charge in [-0.1, -0.05) is 54.6 Å². The Labute approximate surface area is 309 Å². The molecular formula is C38H48F3N4O7P. The van der Waals surface area contributed by atoms with Gasteiger partial charge >= 0.3 is 18.4 Å². The highest BCUT2D eigenvalue weighted by atomic mass is 31.2. The van der Waals surface area contributed by atoms with Crippen LogP contribution in [0.1, 0.15) is 48.0 Å². The second-order valence-electron chi connectivity index (χ2n) is 13.9. The Hall–Kier alpha value is -4.97. The number of hydrogen-bond donors (Lipinski definition) is 1.